The summed E-state index contributed by atoms with van der Waals surface area (Å²) in [4.78, 5) is 5.00. The Morgan fingerprint density at radius 2 is 1.22 bits per heavy atom. The van der Waals surface area contributed by atoms with Gasteiger partial charge in [0, 0.05) is 39.3 Å². The molecule has 0 amide bonds. The summed E-state index contributed by atoms with van der Waals surface area (Å²) in [6, 6.07) is 12.3. The molecule has 5 rings (SSSR count). The molecule has 8 nitrogen and oxygen atoms in total. The molecule has 1 saturated heterocycles. The predicted molar refractivity (Wildman–Crippen MR) is 99.0 cm³/mol. The highest BCUT2D eigenvalue weighted by Crippen LogP contribution is 2.16. The van der Waals surface area contributed by atoms with Crippen molar-refractivity contribution in [2.75, 3.05) is 32.7 Å². The van der Waals surface area contributed by atoms with Crippen LogP contribution < -0.4 is 0 Å². The Morgan fingerprint density at radius 3 is 1.93 bits per heavy atom. The van der Waals surface area contributed by atoms with E-state index >= 15 is 0 Å². The van der Waals surface area contributed by atoms with E-state index in [9.17, 15) is 0 Å². The number of rotatable bonds is 5. The molecule has 0 radical (unpaired) electrons. The van der Waals surface area contributed by atoms with Gasteiger partial charge >= 0.3 is 0 Å². The molecule has 2 aromatic carbocycles. The zero-order valence-corrected chi connectivity index (χ0v) is 14.9. The average molecular weight is 364 g/mol. The Kier molecular flexibility index (Phi) is 4.27. The van der Waals surface area contributed by atoms with Gasteiger partial charge in [-0.1, -0.05) is 12.1 Å². The van der Waals surface area contributed by atoms with Crippen molar-refractivity contribution in [3.05, 3.63) is 47.5 Å². The van der Waals surface area contributed by atoms with Crippen LogP contribution >= 0.6 is 0 Å². The minimum Gasteiger partial charge on any atom is -0.300 e. The van der Waals surface area contributed by atoms with Crippen LogP contribution in [0.3, 0.4) is 0 Å². The summed E-state index contributed by atoms with van der Waals surface area (Å²) in [7, 11) is 0. The molecule has 0 spiro atoms. The van der Waals surface area contributed by atoms with Crippen LogP contribution in [0, 0.1) is 0 Å². The molecule has 138 valence electrons. The van der Waals surface area contributed by atoms with E-state index < -0.39 is 0 Å². The fourth-order valence-electron chi connectivity index (χ4n) is 3.63. The maximum Gasteiger partial charge on any atom is 0.135 e. The molecule has 1 aliphatic heterocycles. The number of benzene rings is 2. The molecule has 0 aliphatic carbocycles. The third kappa shape index (κ3) is 3.54. The fraction of sp³-hybridized carbons (Fsp3) is 0.368. The Morgan fingerprint density at radius 1 is 0.667 bits per heavy atom. The van der Waals surface area contributed by atoms with E-state index in [2.05, 4.69) is 54.7 Å². The van der Waals surface area contributed by atoms with Crippen LogP contribution in [0.15, 0.2) is 45.7 Å². The molecular weight excluding hydrogens is 344 g/mol. The Balaban J connectivity index is 1.13. The number of piperazine rings is 1. The molecule has 0 saturated carbocycles. The van der Waals surface area contributed by atoms with Crippen molar-refractivity contribution in [1.82, 2.24) is 30.4 Å². The van der Waals surface area contributed by atoms with Gasteiger partial charge in [-0.3, -0.25) is 4.90 Å². The topological polar surface area (TPSA) is 84.3 Å². The van der Waals surface area contributed by atoms with Crippen LogP contribution in [0.5, 0.6) is 0 Å². The summed E-state index contributed by atoms with van der Waals surface area (Å²) < 4.78 is 9.54. The second kappa shape index (κ2) is 7.05. The largest absolute Gasteiger partial charge is 0.300 e. The van der Waals surface area contributed by atoms with Crippen LogP contribution in [-0.4, -0.2) is 63.2 Å². The van der Waals surface area contributed by atoms with Gasteiger partial charge < -0.3 is 4.90 Å². The molecular formula is C19H20N6O2. The molecule has 8 heteroatoms. The van der Waals surface area contributed by atoms with Gasteiger partial charge in [-0.25, -0.2) is 9.26 Å². The van der Waals surface area contributed by atoms with E-state index in [4.69, 9.17) is 9.26 Å². The number of aromatic nitrogens is 4. The van der Waals surface area contributed by atoms with Crippen LogP contribution in [0.2, 0.25) is 0 Å². The van der Waals surface area contributed by atoms with Crippen molar-refractivity contribution in [2.24, 2.45) is 0 Å². The van der Waals surface area contributed by atoms with Crippen molar-refractivity contribution >= 4 is 22.1 Å². The highest BCUT2D eigenvalue weighted by molar-refractivity contribution is 5.74. The molecule has 3 heterocycles. The lowest BCUT2D eigenvalue weighted by Gasteiger charge is -2.34. The first-order chi connectivity index (χ1) is 13.3. The molecule has 0 atom stereocenters. The zero-order chi connectivity index (χ0) is 18.1. The summed E-state index contributed by atoms with van der Waals surface area (Å²) in [6.45, 7) is 6.30. The van der Waals surface area contributed by atoms with Gasteiger partial charge in [-0.05, 0) is 62.4 Å². The van der Waals surface area contributed by atoms with Gasteiger partial charge in [0.25, 0.3) is 0 Å². The second-order valence-corrected chi connectivity index (χ2v) is 7.04. The smallest absolute Gasteiger partial charge is 0.135 e. The van der Waals surface area contributed by atoms with Crippen molar-refractivity contribution < 1.29 is 9.26 Å². The van der Waals surface area contributed by atoms with Gasteiger partial charge in [0.1, 0.15) is 22.1 Å². The van der Waals surface area contributed by atoms with Gasteiger partial charge in [-0.15, -0.1) is 0 Å². The summed E-state index contributed by atoms with van der Waals surface area (Å²) >= 11 is 0. The molecule has 0 bridgehead atoms. The van der Waals surface area contributed by atoms with Crippen molar-refractivity contribution in [3.63, 3.8) is 0 Å². The third-order valence-corrected chi connectivity index (χ3v) is 5.22. The number of hydrogen-bond acceptors (Lipinski definition) is 8. The van der Waals surface area contributed by atoms with E-state index in [1.807, 2.05) is 12.1 Å². The fourth-order valence-corrected chi connectivity index (χ4v) is 3.63. The predicted octanol–water partition coefficient (Wildman–Crippen LogP) is 2.12. The first-order valence-electron chi connectivity index (χ1n) is 9.21. The maximum atomic E-state index is 4.77. The average Bonchev–Trinajstić information content (AvgIpc) is 3.35. The summed E-state index contributed by atoms with van der Waals surface area (Å²) in [5.41, 5.74) is 5.80. The van der Waals surface area contributed by atoms with Crippen molar-refractivity contribution in [1.29, 1.82) is 0 Å². The minimum atomic E-state index is 0.808. The quantitative estimate of drug-likeness (QED) is 0.532. The van der Waals surface area contributed by atoms with Crippen LogP contribution in [0.25, 0.3) is 22.1 Å². The Labute approximate surface area is 155 Å². The van der Waals surface area contributed by atoms with E-state index in [1.165, 1.54) is 11.1 Å². The van der Waals surface area contributed by atoms with Gasteiger partial charge in [0.2, 0.25) is 0 Å². The molecule has 0 unspecified atom stereocenters. The first-order valence-corrected chi connectivity index (χ1v) is 9.21. The SMILES string of the molecule is c1cc2nonc2cc1CCN1CCN(Cc2ccc3nonc3c2)CC1. The number of fused-ring (bicyclic) bond motifs is 2. The van der Waals surface area contributed by atoms with E-state index in [-0.39, 0.29) is 0 Å². The van der Waals surface area contributed by atoms with Gasteiger partial charge in [0.05, 0.1) is 0 Å². The lowest BCUT2D eigenvalue weighted by atomic mass is 10.1. The number of hydrogen-bond donors (Lipinski definition) is 0. The highest BCUT2D eigenvalue weighted by Gasteiger charge is 2.17. The second-order valence-electron chi connectivity index (χ2n) is 7.04. The summed E-state index contributed by atoms with van der Waals surface area (Å²) in [6.07, 6.45) is 1.01. The molecule has 27 heavy (non-hydrogen) atoms. The molecule has 1 aliphatic rings. The van der Waals surface area contributed by atoms with E-state index in [1.54, 1.807) is 0 Å². The lowest BCUT2D eigenvalue weighted by molar-refractivity contribution is 0.128. The zero-order valence-electron chi connectivity index (χ0n) is 14.9. The highest BCUT2D eigenvalue weighted by atomic mass is 16.6. The van der Waals surface area contributed by atoms with Crippen LogP contribution in [-0.2, 0) is 13.0 Å². The van der Waals surface area contributed by atoms with Gasteiger partial charge in [-0.2, -0.15) is 0 Å². The Bertz CT molecular complexity index is 1050. The molecule has 0 N–H and O–H groups in total. The minimum absolute atomic E-state index is 0.808. The van der Waals surface area contributed by atoms with Crippen molar-refractivity contribution in [2.45, 2.75) is 13.0 Å². The maximum absolute atomic E-state index is 4.77. The van der Waals surface area contributed by atoms with Gasteiger partial charge in [0.15, 0.2) is 0 Å². The lowest BCUT2D eigenvalue weighted by Crippen LogP contribution is -2.46. The monoisotopic (exact) mass is 364 g/mol. The summed E-state index contributed by atoms with van der Waals surface area (Å²) in [5.74, 6) is 0. The standard InChI is InChI=1S/C19H20N6O2/c1-3-16-18(22-26-20-16)11-14(1)5-6-24-7-9-25(10-8-24)13-15-2-4-17-19(12-15)23-27-21-17/h1-4,11-12H,5-10,13H2. The third-order valence-electron chi connectivity index (χ3n) is 5.22. The number of nitrogens with zero attached hydrogens (tertiary/aromatic N) is 6. The molecule has 4 aromatic rings. The van der Waals surface area contributed by atoms with Crippen LogP contribution in [0.4, 0.5) is 0 Å². The van der Waals surface area contributed by atoms with Crippen molar-refractivity contribution in [3.8, 4) is 0 Å². The molecule has 1 fully saturated rings. The normalized spacial score (nSPS) is 16.4. The Hall–Kier alpha value is -2.84. The summed E-state index contributed by atoms with van der Waals surface area (Å²) in [5, 5.41) is 15.6. The van der Waals surface area contributed by atoms with Crippen LogP contribution in [0.1, 0.15) is 11.1 Å². The first kappa shape index (κ1) is 16.3. The van der Waals surface area contributed by atoms with E-state index in [0.717, 1.165) is 67.8 Å². The molecule has 2 aromatic heterocycles. The van der Waals surface area contributed by atoms with E-state index in [0.29, 0.717) is 0 Å².